The predicted octanol–water partition coefficient (Wildman–Crippen LogP) is 1.19. The van der Waals surface area contributed by atoms with Gasteiger partial charge in [-0.25, -0.2) is 4.98 Å². The molecule has 82 valence electrons. The summed E-state index contributed by atoms with van der Waals surface area (Å²) in [5.41, 5.74) is 0.409. The lowest BCUT2D eigenvalue weighted by Gasteiger charge is -2.13. The van der Waals surface area contributed by atoms with E-state index in [0.29, 0.717) is 18.1 Å². The molecule has 0 aliphatic heterocycles. The highest BCUT2D eigenvalue weighted by atomic mass is 35.5. The van der Waals surface area contributed by atoms with Crippen molar-refractivity contribution in [2.45, 2.75) is 24.1 Å². The van der Waals surface area contributed by atoms with Crippen molar-refractivity contribution in [1.29, 1.82) is 0 Å². The Bertz CT molecular complexity index is 412. The van der Waals surface area contributed by atoms with Crippen LogP contribution in [0.2, 0.25) is 0 Å². The fourth-order valence-corrected chi connectivity index (χ4v) is 1.84. The largest absolute Gasteiger partial charge is 0.384 e. The quantitative estimate of drug-likeness (QED) is 0.788. The summed E-state index contributed by atoms with van der Waals surface area (Å²) in [4.78, 5) is 18.5. The van der Waals surface area contributed by atoms with E-state index in [1.807, 2.05) is 0 Å². The summed E-state index contributed by atoms with van der Waals surface area (Å²) in [6, 6.07) is 1.43. The highest BCUT2D eigenvalue weighted by molar-refractivity contribution is 6.16. The van der Waals surface area contributed by atoms with Crippen molar-refractivity contribution in [2.75, 3.05) is 13.7 Å². The molecule has 0 atom stereocenters. The first-order chi connectivity index (χ1) is 7.20. The molecule has 0 bridgehead atoms. The minimum absolute atomic E-state index is 0.0734. The second kappa shape index (κ2) is 3.94. The first-order valence-corrected chi connectivity index (χ1v) is 5.39. The SMILES string of the molecule is COCC1(c2nc(CCl)cc(=O)[nH]2)CC1. The smallest absolute Gasteiger partial charge is 0.251 e. The van der Waals surface area contributed by atoms with Gasteiger partial charge in [-0.1, -0.05) is 0 Å². The molecule has 1 fully saturated rings. The Hall–Kier alpha value is -0.870. The zero-order chi connectivity index (χ0) is 10.9. The summed E-state index contributed by atoms with van der Waals surface area (Å²) < 4.78 is 5.14. The van der Waals surface area contributed by atoms with Crippen molar-refractivity contribution >= 4 is 11.6 Å². The monoisotopic (exact) mass is 228 g/mol. The number of alkyl halides is 1. The normalized spacial score (nSPS) is 17.7. The Morgan fingerprint density at radius 1 is 1.67 bits per heavy atom. The minimum Gasteiger partial charge on any atom is -0.384 e. The van der Waals surface area contributed by atoms with E-state index in [1.165, 1.54) is 6.07 Å². The number of hydrogen-bond acceptors (Lipinski definition) is 3. The first kappa shape index (κ1) is 10.6. The molecule has 0 radical (unpaired) electrons. The maximum absolute atomic E-state index is 11.4. The molecule has 15 heavy (non-hydrogen) atoms. The molecule has 1 aliphatic rings. The topological polar surface area (TPSA) is 55.0 Å². The summed E-state index contributed by atoms with van der Waals surface area (Å²) >= 11 is 5.67. The fourth-order valence-electron chi connectivity index (χ4n) is 1.70. The number of methoxy groups -OCH3 is 1. The fraction of sp³-hybridized carbons (Fsp3) is 0.600. The molecule has 4 nitrogen and oxygen atoms in total. The molecule has 1 aromatic heterocycles. The van der Waals surface area contributed by atoms with Gasteiger partial charge < -0.3 is 9.72 Å². The number of nitrogens with zero attached hydrogens (tertiary/aromatic N) is 1. The third-order valence-electron chi connectivity index (χ3n) is 2.71. The van der Waals surface area contributed by atoms with Gasteiger partial charge in [-0.05, 0) is 12.8 Å². The van der Waals surface area contributed by atoms with E-state index in [-0.39, 0.29) is 16.9 Å². The van der Waals surface area contributed by atoms with E-state index >= 15 is 0 Å². The third kappa shape index (κ3) is 2.06. The van der Waals surface area contributed by atoms with Crippen molar-refractivity contribution in [1.82, 2.24) is 9.97 Å². The van der Waals surface area contributed by atoms with Crippen LogP contribution in [0.1, 0.15) is 24.4 Å². The number of nitrogens with one attached hydrogen (secondary N) is 1. The summed E-state index contributed by atoms with van der Waals surface area (Å²) in [6.45, 7) is 0.599. The van der Waals surface area contributed by atoms with Gasteiger partial charge in [0, 0.05) is 13.2 Å². The van der Waals surface area contributed by atoms with E-state index in [0.717, 1.165) is 12.8 Å². The predicted molar refractivity (Wildman–Crippen MR) is 57.2 cm³/mol. The molecule has 1 N–H and O–H groups in total. The second-order valence-electron chi connectivity index (χ2n) is 3.93. The Labute approximate surface area is 92.6 Å². The van der Waals surface area contributed by atoms with Crippen LogP contribution in [0.3, 0.4) is 0 Å². The highest BCUT2D eigenvalue weighted by Gasteiger charge is 2.46. The van der Waals surface area contributed by atoms with Crippen molar-refractivity contribution in [3.05, 3.63) is 27.9 Å². The second-order valence-corrected chi connectivity index (χ2v) is 4.20. The van der Waals surface area contributed by atoms with Crippen LogP contribution in [0, 0.1) is 0 Å². The molecular weight excluding hydrogens is 216 g/mol. The van der Waals surface area contributed by atoms with Gasteiger partial charge in [0.2, 0.25) is 0 Å². The van der Waals surface area contributed by atoms with Crippen molar-refractivity contribution in [3.63, 3.8) is 0 Å². The molecule has 1 aliphatic carbocycles. The van der Waals surface area contributed by atoms with Crippen molar-refractivity contribution < 1.29 is 4.74 Å². The molecule has 0 saturated heterocycles. The van der Waals surface area contributed by atoms with E-state index in [1.54, 1.807) is 7.11 Å². The highest BCUT2D eigenvalue weighted by Crippen LogP contribution is 2.46. The number of H-pyrrole nitrogens is 1. The summed E-state index contributed by atoms with van der Waals surface area (Å²) in [5.74, 6) is 0.979. The number of halogens is 1. The number of ether oxygens (including phenoxy) is 1. The van der Waals surface area contributed by atoms with Crippen LogP contribution in [0.25, 0.3) is 0 Å². The Morgan fingerprint density at radius 2 is 2.40 bits per heavy atom. The molecule has 1 saturated carbocycles. The molecule has 2 rings (SSSR count). The third-order valence-corrected chi connectivity index (χ3v) is 2.98. The van der Waals surface area contributed by atoms with Gasteiger partial charge in [-0.2, -0.15) is 0 Å². The van der Waals surface area contributed by atoms with Gasteiger partial charge in [0.1, 0.15) is 5.82 Å². The zero-order valence-electron chi connectivity index (χ0n) is 8.55. The molecule has 5 heteroatoms. The van der Waals surface area contributed by atoms with E-state index in [4.69, 9.17) is 16.3 Å². The lowest BCUT2D eigenvalue weighted by molar-refractivity contribution is 0.168. The van der Waals surface area contributed by atoms with Gasteiger partial charge in [0.25, 0.3) is 5.56 Å². The van der Waals surface area contributed by atoms with Gasteiger partial charge in [-0.3, -0.25) is 4.79 Å². The van der Waals surface area contributed by atoms with Gasteiger partial charge in [-0.15, -0.1) is 11.6 Å². The summed E-state index contributed by atoms with van der Waals surface area (Å²) in [7, 11) is 1.66. The van der Waals surface area contributed by atoms with Crippen LogP contribution in [-0.4, -0.2) is 23.7 Å². The van der Waals surface area contributed by atoms with Crippen molar-refractivity contribution in [3.8, 4) is 0 Å². The Morgan fingerprint density at radius 3 is 2.93 bits per heavy atom. The maximum atomic E-state index is 11.4. The van der Waals surface area contributed by atoms with Crippen molar-refractivity contribution in [2.24, 2.45) is 0 Å². The van der Waals surface area contributed by atoms with Crippen LogP contribution in [0.15, 0.2) is 10.9 Å². The van der Waals surface area contributed by atoms with Gasteiger partial charge >= 0.3 is 0 Å². The molecular formula is C10H13ClN2O2. The number of hydrogen-bond donors (Lipinski definition) is 1. The van der Waals surface area contributed by atoms with Crippen LogP contribution >= 0.6 is 11.6 Å². The number of aromatic nitrogens is 2. The Kier molecular flexibility index (Phi) is 2.80. The van der Waals surface area contributed by atoms with Crippen LogP contribution in [-0.2, 0) is 16.0 Å². The standard InChI is InChI=1S/C10H13ClN2O2/c1-15-6-10(2-3-10)9-12-7(5-11)4-8(14)13-9/h4H,2-3,5-6H2,1H3,(H,12,13,14). The molecule has 0 aromatic carbocycles. The van der Waals surface area contributed by atoms with E-state index < -0.39 is 0 Å². The van der Waals surface area contributed by atoms with E-state index in [2.05, 4.69) is 9.97 Å². The molecule has 0 amide bonds. The lowest BCUT2D eigenvalue weighted by atomic mass is 10.1. The molecule has 0 unspecified atom stereocenters. The van der Waals surface area contributed by atoms with Crippen LogP contribution in [0.4, 0.5) is 0 Å². The van der Waals surface area contributed by atoms with Gasteiger partial charge in [0.05, 0.1) is 23.6 Å². The van der Waals surface area contributed by atoms with E-state index in [9.17, 15) is 4.79 Å². The van der Waals surface area contributed by atoms with Gasteiger partial charge in [0.15, 0.2) is 0 Å². The average Bonchev–Trinajstić information content (AvgIpc) is 2.98. The molecule has 0 spiro atoms. The number of aromatic amines is 1. The average molecular weight is 229 g/mol. The zero-order valence-corrected chi connectivity index (χ0v) is 9.30. The minimum atomic E-state index is -0.141. The molecule has 1 aromatic rings. The van der Waals surface area contributed by atoms with Crippen LogP contribution in [0.5, 0.6) is 0 Å². The lowest BCUT2D eigenvalue weighted by Crippen LogP contribution is -2.23. The summed E-state index contributed by atoms with van der Waals surface area (Å²) in [5, 5.41) is 0. The number of rotatable bonds is 4. The summed E-state index contributed by atoms with van der Waals surface area (Å²) in [6.07, 6.45) is 2.02. The first-order valence-electron chi connectivity index (χ1n) is 4.86. The maximum Gasteiger partial charge on any atom is 0.251 e. The van der Waals surface area contributed by atoms with Crippen LogP contribution < -0.4 is 5.56 Å². The molecule has 1 heterocycles. The Balaban J connectivity index is 2.36.